The molecule has 7 nitrogen and oxygen atoms in total. The van der Waals surface area contributed by atoms with E-state index in [0.29, 0.717) is 32.2 Å². The second-order valence-electron chi connectivity index (χ2n) is 10.3. The molecule has 0 saturated carbocycles. The van der Waals surface area contributed by atoms with Gasteiger partial charge in [-0.25, -0.2) is 0 Å². The first kappa shape index (κ1) is 26.2. The van der Waals surface area contributed by atoms with Crippen molar-refractivity contribution in [3.8, 4) is 11.3 Å². The third-order valence-corrected chi connectivity index (χ3v) is 7.12. The summed E-state index contributed by atoms with van der Waals surface area (Å²) >= 11 is 0. The summed E-state index contributed by atoms with van der Waals surface area (Å²) in [5.74, 6) is 2.39. The Kier molecular flexibility index (Phi) is 8.91. The molecule has 2 aromatic carbocycles. The number of anilines is 1. The number of nitrogens with zero attached hydrogens (tertiary/aromatic N) is 3. The Bertz CT molecular complexity index is 1220. The number of aliphatic hydroxyl groups excluding tert-OH is 1. The fourth-order valence-electron chi connectivity index (χ4n) is 5.00. The molecule has 0 bridgehead atoms. The third-order valence-electron chi connectivity index (χ3n) is 7.12. The van der Waals surface area contributed by atoms with E-state index in [2.05, 4.69) is 34.0 Å². The van der Waals surface area contributed by atoms with Crippen LogP contribution in [0, 0.1) is 5.92 Å². The highest BCUT2D eigenvalue weighted by atomic mass is 16.5. The van der Waals surface area contributed by atoms with Gasteiger partial charge in [-0.15, -0.1) is 0 Å². The maximum absolute atomic E-state index is 10.9. The number of aliphatic hydroxyl groups is 1. The largest absolute Gasteiger partial charge is 0.468 e. The van der Waals surface area contributed by atoms with E-state index in [-0.39, 0.29) is 6.61 Å². The molecule has 7 heteroatoms. The summed E-state index contributed by atoms with van der Waals surface area (Å²) in [6.07, 6.45) is 3.29. The Morgan fingerprint density at radius 1 is 1.00 bits per heavy atom. The smallest absolute Gasteiger partial charge is 0.232 e. The molecule has 1 aliphatic rings. The second kappa shape index (κ2) is 12.9. The van der Waals surface area contributed by atoms with Crippen LogP contribution in [0.1, 0.15) is 36.7 Å². The predicted molar refractivity (Wildman–Crippen MR) is 147 cm³/mol. The van der Waals surface area contributed by atoms with Crippen LogP contribution in [-0.4, -0.2) is 47.5 Å². The SMILES string of the molecule is CC1CCN(c2onc(-c3ccccc3)c2CN(Cc2ccco2)CC(O)COCc2ccccc2)CC1. The van der Waals surface area contributed by atoms with Crippen LogP contribution in [0.15, 0.2) is 88.0 Å². The molecule has 1 atom stereocenters. The highest BCUT2D eigenvalue weighted by Crippen LogP contribution is 2.34. The average molecular weight is 516 g/mol. The number of rotatable bonds is 12. The van der Waals surface area contributed by atoms with Gasteiger partial charge in [0.2, 0.25) is 5.88 Å². The minimum Gasteiger partial charge on any atom is -0.468 e. The van der Waals surface area contributed by atoms with Crippen molar-refractivity contribution in [2.75, 3.05) is 31.1 Å². The number of benzene rings is 2. The molecule has 1 saturated heterocycles. The maximum Gasteiger partial charge on any atom is 0.232 e. The zero-order valence-electron chi connectivity index (χ0n) is 22.0. The number of piperidine rings is 1. The van der Waals surface area contributed by atoms with Crippen molar-refractivity contribution < 1.29 is 18.8 Å². The summed E-state index contributed by atoms with van der Waals surface area (Å²) in [5.41, 5.74) is 3.99. The van der Waals surface area contributed by atoms with Gasteiger partial charge in [0, 0.05) is 31.7 Å². The van der Waals surface area contributed by atoms with Gasteiger partial charge in [0.15, 0.2) is 0 Å². The Balaban J connectivity index is 1.35. The van der Waals surface area contributed by atoms with Gasteiger partial charge in [-0.1, -0.05) is 72.7 Å². The van der Waals surface area contributed by atoms with Crippen LogP contribution < -0.4 is 4.90 Å². The van der Waals surface area contributed by atoms with Crippen molar-refractivity contribution in [1.82, 2.24) is 10.1 Å². The van der Waals surface area contributed by atoms with Crippen molar-refractivity contribution in [2.45, 2.75) is 45.6 Å². The monoisotopic (exact) mass is 515 g/mol. The molecular weight excluding hydrogens is 478 g/mol. The molecule has 1 unspecified atom stereocenters. The van der Waals surface area contributed by atoms with Gasteiger partial charge in [0.1, 0.15) is 11.5 Å². The van der Waals surface area contributed by atoms with Crippen molar-refractivity contribution in [2.24, 2.45) is 5.92 Å². The van der Waals surface area contributed by atoms with Gasteiger partial charge in [0.25, 0.3) is 0 Å². The molecule has 5 rings (SSSR count). The van der Waals surface area contributed by atoms with E-state index in [1.807, 2.05) is 60.7 Å². The van der Waals surface area contributed by atoms with Crippen LogP contribution in [-0.2, 0) is 24.4 Å². The van der Waals surface area contributed by atoms with Crippen LogP contribution in [0.5, 0.6) is 0 Å². The van der Waals surface area contributed by atoms with Gasteiger partial charge in [-0.2, -0.15) is 0 Å². The molecule has 0 aliphatic carbocycles. The van der Waals surface area contributed by atoms with Gasteiger partial charge in [-0.05, 0) is 36.5 Å². The lowest BCUT2D eigenvalue weighted by atomic mass is 9.98. The first-order valence-electron chi connectivity index (χ1n) is 13.5. The summed E-state index contributed by atoms with van der Waals surface area (Å²) in [7, 11) is 0. The Morgan fingerprint density at radius 3 is 2.45 bits per heavy atom. The fourth-order valence-corrected chi connectivity index (χ4v) is 5.00. The minimum atomic E-state index is -0.659. The molecule has 200 valence electrons. The maximum atomic E-state index is 10.9. The summed E-state index contributed by atoms with van der Waals surface area (Å²) in [6.45, 7) is 6.46. The molecule has 0 amide bonds. The second-order valence-corrected chi connectivity index (χ2v) is 10.3. The standard InChI is InChI=1S/C31H37N3O4/c1-24-14-16-34(17-15-24)31-29(30(32-38-31)26-11-6-3-7-12-26)21-33(20-28-13-8-18-37-28)19-27(35)23-36-22-25-9-4-2-5-10-25/h2-13,18,24,27,35H,14-17,19-23H2,1H3. The molecule has 0 radical (unpaired) electrons. The van der Waals surface area contributed by atoms with Gasteiger partial charge in [-0.3, -0.25) is 4.90 Å². The van der Waals surface area contributed by atoms with Gasteiger partial charge >= 0.3 is 0 Å². The summed E-state index contributed by atoms with van der Waals surface area (Å²) < 4.78 is 17.5. The lowest BCUT2D eigenvalue weighted by Gasteiger charge is -2.31. The Morgan fingerprint density at radius 2 is 1.74 bits per heavy atom. The number of hydrogen-bond donors (Lipinski definition) is 1. The van der Waals surface area contributed by atoms with Gasteiger partial charge in [0.05, 0.1) is 37.7 Å². The number of furan rings is 1. The lowest BCUT2D eigenvalue weighted by Crippen LogP contribution is -2.36. The van der Waals surface area contributed by atoms with Crippen molar-refractivity contribution in [3.63, 3.8) is 0 Å². The number of hydrogen-bond acceptors (Lipinski definition) is 7. The van der Waals surface area contributed by atoms with Crippen molar-refractivity contribution in [1.29, 1.82) is 0 Å². The number of ether oxygens (including phenoxy) is 1. The first-order chi connectivity index (χ1) is 18.7. The Hall–Kier alpha value is -3.39. The number of aromatic nitrogens is 1. The van der Waals surface area contributed by atoms with E-state index >= 15 is 0 Å². The molecule has 3 heterocycles. The van der Waals surface area contributed by atoms with E-state index in [1.165, 1.54) is 0 Å². The van der Waals surface area contributed by atoms with Crippen LogP contribution in [0.3, 0.4) is 0 Å². The zero-order chi connectivity index (χ0) is 26.2. The van der Waals surface area contributed by atoms with E-state index in [9.17, 15) is 5.11 Å². The third kappa shape index (κ3) is 6.92. The molecule has 38 heavy (non-hydrogen) atoms. The van der Waals surface area contributed by atoms with E-state index < -0.39 is 6.10 Å². The molecular formula is C31H37N3O4. The molecule has 1 N–H and O–H groups in total. The predicted octanol–water partition coefficient (Wildman–Crippen LogP) is 5.75. The molecule has 4 aromatic rings. The van der Waals surface area contributed by atoms with Crippen LogP contribution in [0.4, 0.5) is 5.88 Å². The molecule has 2 aromatic heterocycles. The van der Waals surface area contributed by atoms with E-state index in [0.717, 1.165) is 60.0 Å². The van der Waals surface area contributed by atoms with Crippen LogP contribution in [0.25, 0.3) is 11.3 Å². The summed E-state index contributed by atoms with van der Waals surface area (Å²) in [6, 6.07) is 24.0. The average Bonchev–Trinajstić information content (AvgIpc) is 3.60. The topological polar surface area (TPSA) is 75.1 Å². The summed E-state index contributed by atoms with van der Waals surface area (Å²) in [5, 5.41) is 15.5. The summed E-state index contributed by atoms with van der Waals surface area (Å²) in [4.78, 5) is 4.50. The highest BCUT2D eigenvalue weighted by Gasteiger charge is 2.27. The van der Waals surface area contributed by atoms with Crippen LogP contribution >= 0.6 is 0 Å². The minimum absolute atomic E-state index is 0.246. The van der Waals surface area contributed by atoms with Crippen molar-refractivity contribution >= 4 is 5.88 Å². The first-order valence-corrected chi connectivity index (χ1v) is 13.5. The molecule has 0 spiro atoms. The quantitative estimate of drug-likeness (QED) is 0.257. The molecule has 1 aliphatic heterocycles. The van der Waals surface area contributed by atoms with E-state index in [1.54, 1.807) is 6.26 Å². The fraction of sp³-hybridized carbons (Fsp3) is 0.387. The zero-order valence-corrected chi connectivity index (χ0v) is 22.0. The lowest BCUT2D eigenvalue weighted by molar-refractivity contribution is 0.00615. The van der Waals surface area contributed by atoms with Gasteiger partial charge < -0.3 is 23.7 Å². The molecule has 1 fully saturated rings. The van der Waals surface area contributed by atoms with E-state index in [4.69, 9.17) is 13.7 Å². The highest BCUT2D eigenvalue weighted by molar-refractivity contribution is 5.68. The van der Waals surface area contributed by atoms with Crippen LogP contribution in [0.2, 0.25) is 0 Å². The van der Waals surface area contributed by atoms with Crippen molar-refractivity contribution in [3.05, 3.63) is 95.9 Å². The normalized spacial score (nSPS) is 15.3. The Labute approximate surface area is 224 Å².